The van der Waals surface area contributed by atoms with Gasteiger partial charge in [0.15, 0.2) is 0 Å². The average Bonchev–Trinajstić information content (AvgIpc) is 2.87. The molecule has 0 amide bonds. The number of hydrogen-bond acceptors (Lipinski definition) is 4. The molecule has 2 heterocycles. The molecule has 0 spiro atoms. The zero-order chi connectivity index (χ0) is 23.9. The molecule has 4 N–H and O–H groups in total. The molecule has 0 bridgehead atoms. The Labute approximate surface area is 207 Å². The summed E-state index contributed by atoms with van der Waals surface area (Å²) >= 11 is 0. The van der Waals surface area contributed by atoms with Gasteiger partial charge in [0.05, 0.1) is 0 Å². The van der Waals surface area contributed by atoms with Crippen molar-refractivity contribution in [1.29, 1.82) is 0 Å². The Bertz CT molecular complexity index is 833. The van der Waals surface area contributed by atoms with E-state index in [2.05, 4.69) is 60.0 Å². The Morgan fingerprint density at radius 1 is 0.647 bits per heavy atom. The quantitative estimate of drug-likeness (QED) is 0.409. The Morgan fingerprint density at radius 2 is 1.03 bits per heavy atom. The molecule has 186 valence electrons. The van der Waals surface area contributed by atoms with Crippen molar-refractivity contribution < 1.29 is 0 Å². The number of unbranched alkanes of at least 4 members (excludes halogenated alkanes) is 2. The van der Waals surface area contributed by atoms with Crippen molar-refractivity contribution in [1.82, 2.24) is 0 Å². The van der Waals surface area contributed by atoms with Crippen molar-refractivity contribution in [2.24, 2.45) is 11.8 Å². The van der Waals surface area contributed by atoms with Crippen molar-refractivity contribution in [2.45, 2.75) is 78.1 Å². The number of hydrogen-bond donors (Lipinski definition) is 2. The van der Waals surface area contributed by atoms with Crippen molar-refractivity contribution in [3.05, 3.63) is 47.5 Å². The van der Waals surface area contributed by atoms with Gasteiger partial charge in [-0.05, 0) is 111 Å². The smallest absolute Gasteiger partial charge is 0.0400 e. The van der Waals surface area contributed by atoms with E-state index in [1.165, 1.54) is 100 Å². The molecular weight excluding hydrogens is 416 g/mol. The van der Waals surface area contributed by atoms with Gasteiger partial charge in [-0.15, -0.1) is 0 Å². The van der Waals surface area contributed by atoms with Crippen molar-refractivity contribution in [2.75, 3.05) is 47.4 Å². The van der Waals surface area contributed by atoms with Gasteiger partial charge >= 0.3 is 0 Å². The summed E-state index contributed by atoms with van der Waals surface area (Å²) in [4.78, 5) is 5.26. The number of benzene rings is 2. The number of nitrogens with zero attached hydrogens (tertiary/aromatic N) is 2. The average molecular weight is 463 g/mol. The molecule has 0 radical (unpaired) electrons. The summed E-state index contributed by atoms with van der Waals surface area (Å²) in [6, 6.07) is 13.1. The molecule has 4 heteroatoms. The number of nitrogen functional groups attached to an aromatic ring is 2. The molecule has 0 saturated carbocycles. The summed E-state index contributed by atoms with van der Waals surface area (Å²) in [6.07, 6.45) is 12.5. The molecule has 4 rings (SSSR count). The Kier molecular flexibility index (Phi) is 8.64. The van der Waals surface area contributed by atoms with Crippen LogP contribution < -0.4 is 21.3 Å². The maximum Gasteiger partial charge on any atom is 0.0400 e. The molecule has 0 aromatic heterocycles. The van der Waals surface area contributed by atoms with Crippen LogP contribution in [0.15, 0.2) is 36.4 Å². The van der Waals surface area contributed by atoms with E-state index in [4.69, 9.17) is 11.5 Å². The third kappa shape index (κ3) is 6.00. The Hall–Kier alpha value is -2.36. The molecule has 0 atom stereocenters. The highest BCUT2D eigenvalue weighted by atomic mass is 15.1. The fourth-order valence-corrected chi connectivity index (χ4v) is 6.19. The molecule has 0 aliphatic carbocycles. The number of rotatable bonds is 9. The molecule has 2 aromatic rings. The van der Waals surface area contributed by atoms with Crippen molar-refractivity contribution >= 4 is 22.7 Å². The second-order valence-corrected chi connectivity index (χ2v) is 10.6. The van der Waals surface area contributed by atoms with Crippen LogP contribution in [0.4, 0.5) is 22.7 Å². The SMILES string of the molecule is CCCCc1cc(N)ccc1N1CCC(C2CCN(c3ccc(N)cc3CCCC)CC2)CC1. The van der Waals surface area contributed by atoms with E-state index in [9.17, 15) is 0 Å². The first-order valence-electron chi connectivity index (χ1n) is 13.9. The van der Waals surface area contributed by atoms with Gasteiger partial charge in [-0.1, -0.05) is 26.7 Å². The van der Waals surface area contributed by atoms with E-state index < -0.39 is 0 Å². The van der Waals surface area contributed by atoms with Crippen LogP contribution >= 0.6 is 0 Å². The molecular formula is C30H46N4. The van der Waals surface area contributed by atoms with Crippen LogP contribution in [0.1, 0.15) is 76.3 Å². The maximum atomic E-state index is 6.11. The van der Waals surface area contributed by atoms with Gasteiger partial charge in [0.25, 0.3) is 0 Å². The number of anilines is 4. The lowest BCUT2D eigenvalue weighted by molar-refractivity contribution is 0.233. The lowest BCUT2D eigenvalue weighted by Gasteiger charge is -2.42. The first-order valence-corrected chi connectivity index (χ1v) is 13.9. The number of piperidine rings is 2. The molecule has 2 fully saturated rings. The topological polar surface area (TPSA) is 58.5 Å². The van der Waals surface area contributed by atoms with Gasteiger partial charge in [-0.25, -0.2) is 0 Å². The van der Waals surface area contributed by atoms with E-state index in [1.54, 1.807) is 0 Å². The fraction of sp³-hybridized carbons (Fsp3) is 0.600. The summed E-state index contributed by atoms with van der Waals surface area (Å²) in [5, 5.41) is 0. The van der Waals surface area contributed by atoms with Crippen LogP contribution in [-0.2, 0) is 12.8 Å². The van der Waals surface area contributed by atoms with Crippen LogP contribution in [0.3, 0.4) is 0 Å². The van der Waals surface area contributed by atoms with E-state index >= 15 is 0 Å². The van der Waals surface area contributed by atoms with Gasteiger partial charge in [0, 0.05) is 48.9 Å². The van der Waals surface area contributed by atoms with E-state index in [-0.39, 0.29) is 0 Å². The van der Waals surface area contributed by atoms with E-state index in [0.717, 1.165) is 36.1 Å². The second-order valence-electron chi connectivity index (χ2n) is 10.6. The molecule has 0 unspecified atom stereocenters. The van der Waals surface area contributed by atoms with Crippen molar-refractivity contribution in [3.63, 3.8) is 0 Å². The molecule has 2 aliphatic heterocycles. The van der Waals surface area contributed by atoms with Crippen LogP contribution in [0.5, 0.6) is 0 Å². The molecule has 2 aliphatic rings. The predicted molar refractivity (Wildman–Crippen MR) is 149 cm³/mol. The third-order valence-electron chi connectivity index (χ3n) is 8.23. The monoisotopic (exact) mass is 462 g/mol. The molecule has 4 nitrogen and oxygen atoms in total. The van der Waals surface area contributed by atoms with Gasteiger partial charge < -0.3 is 21.3 Å². The highest BCUT2D eigenvalue weighted by Gasteiger charge is 2.30. The maximum absolute atomic E-state index is 6.11. The second kappa shape index (κ2) is 11.9. The van der Waals surface area contributed by atoms with Gasteiger partial charge in [-0.2, -0.15) is 0 Å². The van der Waals surface area contributed by atoms with Crippen LogP contribution in [0.2, 0.25) is 0 Å². The molecule has 2 saturated heterocycles. The van der Waals surface area contributed by atoms with Crippen molar-refractivity contribution in [3.8, 4) is 0 Å². The highest BCUT2D eigenvalue weighted by Crippen LogP contribution is 2.37. The highest BCUT2D eigenvalue weighted by molar-refractivity contribution is 5.61. The van der Waals surface area contributed by atoms with Crippen LogP contribution in [-0.4, -0.2) is 26.2 Å². The minimum atomic E-state index is 0.872. The zero-order valence-corrected chi connectivity index (χ0v) is 21.6. The predicted octanol–water partition coefficient (Wildman–Crippen LogP) is 6.67. The third-order valence-corrected chi connectivity index (χ3v) is 8.23. The lowest BCUT2D eigenvalue weighted by atomic mass is 9.78. The minimum Gasteiger partial charge on any atom is -0.399 e. The fourth-order valence-electron chi connectivity index (χ4n) is 6.19. The van der Waals surface area contributed by atoms with Gasteiger partial charge in [0.2, 0.25) is 0 Å². The summed E-state index contributed by atoms with van der Waals surface area (Å²) < 4.78 is 0. The normalized spacial score (nSPS) is 17.9. The minimum absolute atomic E-state index is 0.872. The standard InChI is InChI=1S/C30H46N4/c1-3-5-7-25-21-27(31)9-11-29(25)33-17-13-23(14-18-33)24-15-19-34(20-16-24)30-12-10-28(32)22-26(30)8-6-4-2/h9-12,21-24H,3-8,13-20,31-32H2,1-2H3. The van der Waals surface area contributed by atoms with Gasteiger partial charge in [0.1, 0.15) is 0 Å². The summed E-state index contributed by atoms with van der Waals surface area (Å²) in [5.41, 5.74) is 19.8. The lowest BCUT2D eigenvalue weighted by Crippen LogP contribution is -2.41. The molecule has 2 aromatic carbocycles. The Balaban J connectivity index is 1.32. The summed E-state index contributed by atoms with van der Waals surface area (Å²) in [6.45, 7) is 9.28. The first-order chi connectivity index (χ1) is 16.6. The largest absolute Gasteiger partial charge is 0.399 e. The number of nitrogens with two attached hydrogens (primary N) is 2. The van der Waals surface area contributed by atoms with Crippen LogP contribution in [0, 0.1) is 11.8 Å². The Morgan fingerprint density at radius 3 is 1.38 bits per heavy atom. The van der Waals surface area contributed by atoms with E-state index in [1.807, 2.05) is 0 Å². The molecule has 34 heavy (non-hydrogen) atoms. The van der Waals surface area contributed by atoms with E-state index in [0.29, 0.717) is 0 Å². The summed E-state index contributed by atoms with van der Waals surface area (Å²) in [7, 11) is 0. The number of aryl methyl sites for hydroxylation is 2. The first kappa shape index (κ1) is 24.8. The zero-order valence-electron chi connectivity index (χ0n) is 21.6. The van der Waals surface area contributed by atoms with Crippen LogP contribution in [0.25, 0.3) is 0 Å². The summed E-state index contributed by atoms with van der Waals surface area (Å²) in [5.74, 6) is 1.74. The van der Waals surface area contributed by atoms with Gasteiger partial charge in [-0.3, -0.25) is 0 Å².